The number of aryl methyl sites for hydroxylation is 1. The normalized spacial score (nSPS) is 12.9. The van der Waals surface area contributed by atoms with Crippen molar-refractivity contribution in [1.29, 1.82) is 0 Å². The summed E-state index contributed by atoms with van der Waals surface area (Å²) < 4.78 is 0. The Kier molecular flexibility index (Phi) is 3.85. The third kappa shape index (κ3) is 3.36. The summed E-state index contributed by atoms with van der Waals surface area (Å²) in [5.41, 5.74) is 5.60. The van der Waals surface area contributed by atoms with Crippen LogP contribution in [0.5, 0.6) is 0 Å². The average Bonchev–Trinajstić information content (AvgIpc) is 2.12. The van der Waals surface area contributed by atoms with Crippen molar-refractivity contribution in [2.75, 3.05) is 17.7 Å². The zero-order chi connectivity index (χ0) is 11.4. The summed E-state index contributed by atoms with van der Waals surface area (Å²) in [5, 5.41) is 12.3. The SMILES string of the molecule is Cc1nc(N)cc(N[C@H](CO)C(C)C)n1. The number of aromatic nitrogens is 2. The quantitative estimate of drug-likeness (QED) is 0.684. The zero-order valence-corrected chi connectivity index (χ0v) is 9.36. The molecule has 0 radical (unpaired) electrons. The highest BCUT2D eigenvalue weighted by atomic mass is 16.3. The Morgan fingerprint density at radius 3 is 2.60 bits per heavy atom. The summed E-state index contributed by atoms with van der Waals surface area (Å²) in [6.45, 7) is 5.92. The lowest BCUT2D eigenvalue weighted by Crippen LogP contribution is -2.30. The van der Waals surface area contributed by atoms with E-state index in [4.69, 9.17) is 10.8 Å². The number of nitrogens with two attached hydrogens (primary N) is 1. The molecule has 0 aliphatic carbocycles. The molecule has 84 valence electrons. The van der Waals surface area contributed by atoms with Gasteiger partial charge in [0.1, 0.15) is 17.5 Å². The van der Waals surface area contributed by atoms with Gasteiger partial charge in [0, 0.05) is 6.07 Å². The molecule has 0 amide bonds. The highest BCUT2D eigenvalue weighted by molar-refractivity contribution is 5.45. The van der Waals surface area contributed by atoms with Gasteiger partial charge in [-0.15, -0.1) is 0 Å². The molecule has 0 spiro atoms. The van der Waals surface area contributed by atoms with E-state index >= 15 is 0 Å². The Labute approximate surface area is 89.7 Å². The fraction of sp³-hybridized carbons (Fsp3) is 0.600. The molecular formula is C10H18N4O. The maximum atomic E-state index is 9.16. The average molecular weight is 210 g/mol. The number of nitrogens with zero attached hydrogens (tertiary/aromatic N) is 2. The smallest absolute Gasteiger partial charge is 0.132 e. The van der Waals surface area contributed by atoms with Gasteiger partial charge in [0.15, 0.2) is 0 Å². The molecule has 0 unspecified atom stereocenters. The van der Waals surface area contributed by atoms with Gasteiger partial charge in [-0.05, 0) is 12.8 Å². The first-order chi connectivity index (χ1) is 7.02. The van der Waals surface area contributed by atoms with E-state index in [9.17, 15) is 0 Å². The van der Waals surface area contributed by atoms with Crippen LogP contribution in [0.4, 0.5) is 11.6 Å². The van der Waals surface area contributed by atoms with Crippen molar-refractivity contribution in [2.45, 2.75) is 26.8 Å². The third-order valence-electron chi connectivity index (χ3n) is 2.19. The van der Waals surface area contributed by atoms with Crippen LogP contribution < -0.4 is 11.1 Å². The second kappa shape index (κ2) is 4.93. The zero-order valence-electron chi connectivity index (χ0n) is 9.36. The molecule has 0 fully saturated rings. The van der Waals surface area contributed by atoms with Gasteiger partial charge in [0.2, 0.25) is 0 Å². The Morgan fingerprint density at radius 2 is 2.13 bits per heavy atom. The van der Waals surface area contributed by atoms with E-state index in [1.807, 2.05) is 13.8 Å². The Morgan fingerprint density at radius 1 is 1.47 bits per heavy atom. The fourth-order valence-corrected chi connectivity index (χ4v) is 1.28. The van der Waals surface area contributed by atoms with Gasteiger partial charge in [0.05, 0.1) is 12.6 Å². The minimum Gasteiger partial charge on any atom is -0.394 e. The van der Waals surface area contributed by atoms with Crippen molar-refractivity contribution in [1.82, 2.24) is 9.97 Å². The largest absolute Gasteiger partial charge is 0.394 e. The molecule has 0 aromatic carbocycles. The molecule has 1 aromatic heterocycles. The molecular weight excluding hydrogens is 192 g/mol. The van der Waals surface area contributed by atoms with Crippen LogP contribution >= 0.6 is 0 Å². The molecule has 0 aliphatic rings. The molecule has 5 nitrogen and oxygen atoms in total. The van der Waals surface area contributed by atoms with Gasteiger partial charge >= 0.3 is 0 Å². The minimum absolute atomic E-state index is 0.0151. The maximum absolute atomic E-state index is 9.16. The molecule has 1 atom stereocenters. The fourth-order valence-electron chi connectivity index (χ4n) is 1.28. The monoisotopic (exact) mass is 210 g/mol. The summed E-state index contributed by atoms with van der Waals surface area (Å²) >= 11 is 0. The maximum Gasteiger partial charge on any atom is 0.132 e. The van der Waals surface area contributed by atoms with E-state index in [1.165, 1.54) is 0 Å². The number of hydrogen-bond donors (Lipinski definition) is 3. The number of nitrogens with one attached hydrogen (secondary N) is 1. The number of aliphatic hydroxyl groups is 1. The molecule has 1 aromatic rings. The number of anilines is 2. The van der Waals surface area contributed by atoms with Crippen molar-refractivity contribution >= 4 is 11.6 Å². The summed E-state index contributed by atoms with van der Waals surface area (Å²) in [7, 11) is 0. The van der Waals surface area contributed by atoms with E-state index in [1.54, 1.807) is 13.0 Å². The van der Waals surface area contributed by atoms with Gasteiger partial charge in [0.25, 0.3) is 0 Å². The third-order valence-corrected chi connectivity index (χ3v) is 2.19. The van der Waals surface area contributed by atoms with Gasteiger partial charge in [-0.3, -0.25) is 0 Å². The molecule has 4 N–H and O–H groups in total. The van der Waals surface area contributed by atoms with Gasteiger partial charge < -0.3 is 16.2 Å². The van der Waals surface area contributed by atoms with Crippen LogP contribution in [-0.2, 0) is 0 Å². The molecule has 0 aliphatic heterocycles. The molecule has 15 heavy (non-hydrogen) atoms. The Hall–Kier alpha value is -1.36. The van der Waals surface area contributed by atoms with Crippen LogP contribution in [0.15, 0.2) is 6.07 Å². The number of rotatable bonds is 4. The molecule has 0 bridgehead atoms. The van der Waals surface area contributed by atoms with E-state index in [0.29, 0.717) is 23.4 Å². The first kappa shape index (κ1) is 11.7. The van der Waals surface area contributed by atoms with Crippen LogP contribution in [-0.4, -0.2) is 27.7 Å². The summed E-state index contributed by atoms with van der Waals surface area (Å²) in [5.74, 6) is 2.04. The van der Waals surface area contributed by atoms with E-state index < -0.39 is 0 Å². The van der Waals surface area contributed by atoms with E-state index in [2.05, 4.69) is 15.3 Å². The molecule has 5 heteroatoms. The highest BCUT2D eigenvalue weighted by Crippen LogP contribution is 2.12. The standard InChI is InChI=1S/C10H18N4O/c1-6(2)8(5-15)14-10-4-9(11)12-7(3)13-10/h4,6,8,15H,5H2,1-3H3,(H3,11,12,13,14)/t8-/m1/s1. The molecule has 0 saturated carbocycles. The van der Waals surface area contributed by atoms with Crippen molar-refractivity contribution in [3.8, 4) is 0 Å². The number of aliphatic hydroxyl groups excluding tert-OH is 1. The predicted octanol–water partition coefficient (Wildman–Crippen LogP) is 0.796. The summed E-state index contributed by atoms with van der Waals surface area (Å²) in [6, 6.07) is 1.65. The topological polar surface area (TPSA) is 84.1 Å². The van der Waals surface area contributed by atoms with Gasteiger partial charge in [-0.1, -0.05) is 13.8 Å². The van der Waals surface area contributed by atoms with Crippen molar-refractivity contribution in [3.05, 3.63) is 11.9 Å². The van der Waals surface area contributed by atoms with Crippen molar-refractivity contribution in [2.24, 2.45) is 5.92 Å². The lowest BCUT2D eigenvalue weighted by molar-refractivity contribution is 0.249. The lowest BCUT2D eigenvalue weighted by Gasteiger charge is -2.20. The number of hydrogen-bond acceptors (Lipinski definition) is 5. The van der Waals surface area contributed by atoms with Crippen LogP contribution in [0, 0.1) is 12.8 Å². The first-order valence-corrected chi connectivity index (χ1v) is 5.01. The van der Waals surface area contributed by atoms with E-state index in [-0.39, 0.29) is 12.6 Å². The Bertz CT molecular complexity index is 307. The molecule has 1 heterocycles. The van der Waals surface area contributed by atoms with Crippen LogP contribution in [0.1, 0.15) is 19.7 Å². The summed E-state index contributed by atoms with van der Waals surface area (Å²) in [4.78, 5) is 8.17. The predicted molar refractivity (Wildman–Crippen MR) is 60.5 cm³/mol. The second-order valence-electron chi connectivity index (χ2n) is 3.90. The van der Waals surface area contributed by atoms with E-state index in [0.717, 1.165) is 0 Å². The molecule has 0 saturated heterocycles. The lowest BCUT2D eigenvalue weighted by atomic mass is 10.1. The van der Waals surface area contributed by atoms with Crippen LogP contribution in [0.25, 0.3) is 0 Å². The molecule has 1 rings (SSSR count). The van der Waals surface area contributed by atoms with Crippen LogP contribution in [0.2, 0.25) is 0 Å². The van der Waals surface area contributed by atoms with Gasteiger partial charge in [-0.2, -0.15) is 0 Å². The van der Waals surface area contributed by atoms with Crippen molar-refractivity contribution in [3.63, 3.8) is 0 Å². The van der Waals surface area contributed by atoms with Gasteiger partial charge in [-0.25, -0.2) is 9.97 Å². The second-order valence-corrected chi connectivity index (χ2v) is 3.90. The summed E-state index contributed by atoms with van der Waals surface area (Å²) in [6.07, 6.45) is 0. The van der Waals surface area contributed by atoms with Crippen LogP contribution in [0.3, 0.4) is 0 Å². The minimum atomic E-state index is -0.0151. The Balaban J connectivity index is 2.79. The van der Waals surface area contributed by atoms with Crippen molar-refractivity contribution < 1.29 is 5.11 Å². The first-order valence-electron chi connectivity index (χ1n) is 5.01. The number of nitrogen functional groups attached to an aromatic ring is 1. The highest BCUT2D eigenvalue weighted by Gasteiger charge is 2.12.